The third-order valence-corrected chi connectivity index (χ3v) is 4.72. The van der Waals surface area contributed by atoms with Crippen LogP contribution in [0, 0.1) is 0 Å². The minimum absolute atomic E-state index is 0. The van der Waals surface area contributed by atoms with Crippen LogP contribution in [-0.4, -0.2) is 43.5 Å². The summed E-state index contributed by atoms with van der Waals surface area (Å²) in [6.45, 7) is 9.31. The number of oxazole rings is 1. The molecule has 2 heterocycles. The van der Waals surface area contributed by atoms with E-state index in [0.29, 0.717) is 38.0 Å². The van der Waals surface area contributed by atoms with Crippen LogP contribution in [0.3, 0.4) is 0 Å². The van der Waals surface area contributed by atoms with E-state index >= 15 is 0 Å². The highest BCUT2D eigenvalue weighted by Crippen LogP contribution is 2.22. The molecule has 2 aromatic rings. The van der Waals surface area contributed by atoms with E-state index in [1.165, 1.54) is 0 Å². The molecule has 1 aromatic carbocycles. The van der Waals surface area contributed by atoms with E-state index < -0.39 is 0 Å². The number of amides is 1. The third-order valence-electron chi connectivity index (χ3n) is 4.72. The first-order valence-corrected chi connectivity index (χ1v) is 9.85. The molecular weight excluding hydrogens is 495 g/mol. The summed E-state index contributed by atoms with van der Waals surface area (Å²) in [5.74, 6) is 2.24. The Hall–Kier alpha value is -2.30. The summed E-state index contributed by atoms with van der Waals surface area (Å²) >= 11 is 0. The lowest BCUT2D eigenvalue weighted by molar-refractivity contribution is -0.120. The zero-order valence-corrected chi connectivity index (χ0v) is 20.3. The van der Waals surface area contributed by atoms with Crippen LogP contribution in [0.4, 0.5) is 5.69 Å². The van der Waals surface area contributed by atoms with Gasteiger partial charge in [0.05, 0.1) is 19.3 Å². The first-order chi connectivity index (χ1) is 13.8. The van der Waals surface area contributed by atoms with Crippen molar-refractivity contribution in [1.82, 2.24) is 20.9 Å². The van der Waals surface area contributed by atoms with Crippen molar-refractivity contribution in [2.45, 2.75) is 39.3 Å². The number of guanidine groups is 1. The molecule has 164 valence electrons. The van der Waals surface area contributed by atoms with E-state index in [1.807, 2.05) is 12.1 Å². The lowest BCUT2D eigenvalue weighted by Gasteiger charge is -2.28. The number of piperazine rings is 1. The Labute approximate surface area is 194 Å². The summed E-state index contributed by atoms with van der Waals surface area (Å²) in [6.07, 6.45) is 1.78. The number of carbonyl (C=O) groups is 1. The minimum Gasteiger partial charge on any atom is -0.443 e. The van der Waals surface area contributed by atoms with Crippen LogP contribution in [-0.2, 0) is 23.3 Å². The Morgan fingerprint density at radius 1 is 1.23 bits per heavy atom. The van der Waals surface area contributed by atoms with E-state index in [1.54, 1.807) is 13.2 Å². The molecule has 1 fully saturated rings. The van der Waals surface area contributed by atoms with Gasteiger partial charge in [-0.05, 0) is 17.7 Å². The zero-order valence-electron chi connectivity index (χ0n) is 18.0. The quantitative estimate of drug-likeness (QED) is 0.315. The van der Waals surface area contributed by atoms with Crippen molar-refractivity contribution in [1.29, 1.82) is 0 Å². The minimum atomic E-state index is -0.0602. The largest absolute Gasteiger partial charge is 0.443 e. The Balaban J connectivity index is 0.00000320. The Morgan fingerprint density at radius 2 is 1.93 bits per heavy atom. The van der Waals surface area contributed by atoms with Crippen LogP contribution in [0.2, 0.25) is 0 Å². The second-order valence-corrected chi connectivity index (χ2v) is 8.09. The number of carbonyl (C=O) groups excluding carboxylic acids is 1. The molecule has 9 heteroatoms. The highest BCUT2D eigenvalue weighted by Gasteiger charge is 2.19. The molecule has 0 atom stereocenters. The lowest BCUT2D eigenvalue weighted by Crippen LogP contribution is -2.47. The number of aromatic nitrogens is 1. The van der Waals surface area contributed by atoms with Crippen LogP contribution < -0.4 is 20.9 Å². The van der Waals surface area contributed by atoms with Gasteiger partial charge in [-0.25, -0.2) is 4.98 Å². The van der Waals surface area contributed by atoms with Crippen molar-refractivity contribution in [3.05, 3.63) is 47.7 Å². The monoisotopic (exact) mass is 526 g/mol. The molecule has 0 unspecified atom stereocenters. The maximum absolute atomic E-state index is 11.5. The molecule has 1 amide bonds. The molecule has 0 spiro atoms. The third kappa shape index (κ3) is 6.61. The Kier molecular flexibility index (Phi) is 8.51. The molecule has 1 aliphatic rings. The van der Waals surface area contributed by atoms with Crippen molar-refractivity contribution in [3.8, 4) is 0 Å². The fourth-order valence-corrected chi connectivity index (χ4v) is 2.99. The predicted octanol–water partition coefficient (Wildman–Crippen LogP) is 2.39. The smallest absolute Gasteiger partial charge is 0.239 e. The van der Waals surface area contributed by atoms with Gasteiger partial charge < -0.3 is 25.3 Å². The molecule has 0 saturated carbocycles. The molecule has 1 aliphatic heterocycles. The van der Waals surface area contributed by atoms with Gasteiger partial charge in [-0.1, -0.05) is 32.9 Å². The number of anilines is 1. The summed E-state index contributed by atoms with van der Waals surface area (Å²) < 4.78 is 5.79. The number of hydrogen-bond donors (Lipinski definition) is 3. The van der Waals surface area contributed by atoms with Gasteiger partial charge >= 0.3 is 0 Å². The van der Waals surface area contributed by atoms with Crippen LogP contribution in [0.25, 0.3) is 0 Å². The Bertz CT molecular complexity index is 857. The van der Waals surface area contributed by atoms with E-state index in [2.05, 4.69) is 63.7 Å². The molecule has 0 bridgehead atoms. The summed E-state index contributed by atoms with van der Waals surface area (Å²) in [7, 11) is 1.73. The van der Waals surface area contributed by atoms with Crippen LogP contribution >= 0.6 is 24.0 Å². The standard InChI is InChI=1S/C21H30N6O2.HI/c1-21(2,3)17-12-24-19(29-17)13-26-20(22-4)25-11-15-5-7-16(8-6-15)27-10-9-23-18(28)14-27;/h5-8,12H,9-11,13-14H2,1-4H3,(H,23,28)(H2,22,25,26);1H. The maximum atomic E-state index is 11.5. The average molecular weight is 526 g/mol. The first-order valence-electron chi connectivity index (χ1n) is 9.85. The van der Waals surface area contributed by atoms with Crippen molar-refractivity contribution >= 4 is 41.5 Å². The first kappa shape index (κ1) is 24.0. The summed E-state index contributed by atoms with van der Waals surface area (Å²) in [5.41, 5.74) is 2.13. The van der Waals surface area contributed by atoms with E-state index in [-0.39, 0.29) is 35.3 Å². The fraction of sp³-hybridized carbons (Fsp3) is 0.476. The van der Waals surface area contributed by atoms with E-state index in [9.17, 15) is 4.79 Å². The highest BCUT2D eigenvalue weighted by atomic mass is 127. The van der Waals surface area contributed by atoms with Crippen molar-refractivity contribution in [2.75, 3.05) is 31.6 Å². The van der Waals surface area contributed by atoms with Gasteiger partial charge in [0.2, 0.25) is 11.8 Å². The predicted molar refractivity (Wildman–Crippen MR) is 129 cm³/mol. The number of nitrogens with one attached hydrogen (secondary N) is 3. The number of halogens is 1. The topological polar surface area (TPSA) is 94.8 Å². The summed E-state index contributed by atoms with van der Waals surface area (Å²) in [5, 5.41) is 9.35. The number of hydrogen-bond acceptors (Lipinski definition) is 5. The van der Waals surface area contributed by atoms with Crippen LogP contribution in [0.15, 0.2) is 39.9 Å². The van der Waals surface area contributed by atoms with Crippen molar-refractivity contribution in [3.63, 3.8) is 0 Å². The van der Waals surface area contributed by atoms with E-state index in [4.69, 9.17) is 4.42 Å². The molecule has 1 saturated heterocycles. The second-order valence-electron chi connectivity index (χ2n) is 8.09. The van der Waals surface area contributed by atoms with Crippen molar-refractivity contribution in [2.24, 2.45) is 4.99 Å². The van der Waals surface area contributed by atoms with E-state index in [0.717, 1.165) is 23.6 Å². The van der Waals surface area contributed by atoms with Gasteiger partial charge in [0.1, 0.15) is 5.76 Å². The SMILES string of the molecule is CN=C(NCc1ccc(N2CCNC(=O)C2)cc1)NCc1ncc(C(C)(C)C)o1.I. The molecule has 3 N–H and O–H groups in total. The van der Waals surface area contributed by atoms with Crippen LogP contribution in [0.1, 0.15) is 38.0 Å². The molecule has 3 rings (SSSR count). The lowest BCUT2D eigenvalue weighted by atomic mass is 9.94. The summed E-state index contributed by atoms with van der Waals surface area (Å²) in [4.78, 5) is 22.2. The molecule has 8 nitrogen and oxygen atoms in total. The Morgan fingerprint density at radius 3 is 2.53 bits per heavy atom. The highest BCUT2D eigenvalue weighted by molar-refractivity contribution is 14.0. The molecule has 0 radical (unpaired) electrons. The molecule has 1 aromatic heterocycles. The number of rotatable bonds is 5. The number of aliphatic imine (C=N–C) groups is 1. The molecule has 0 aliphatic carbocycles. The maximum Gasteiger partial charge on any atom is 0.239 e. The van der Waals surface area contributed by atoms with Crippen LogP contribution in [0.5, 0.6) is 0 Å². The second kappa shape index (κ2) is 10.6. The molecule has 30 heavy (non-hydrogen) atoms. The normalized spacial score (nSPS) is 14.7. The summed E-state index contributed by atoms with van der Waals surface area (Å²) in [6, 6.07) is 8.22. The molecular formula is C21H31IN6O2. The van der Waals surface area contributed by atoms with Gasteiger partial charge in [-0.3, -0.25) is 9.79 Å². The zero-order chi connectivity index (χ0) is 20.9. The average Bonchev–Trinajstić information content (AvgIpc) is 3.18. The number of benzene rings is 1. The van der Waals surface area contributed by atoms with Gasteiger partial charge in [0, 0.05) is 37.8 Å². The van der Waals surface area contributed by atoms with Gasteiger partial charge in [-0.2, -0.15) is 0 Å². The fourth-order valence-electron chi connectivity index (χ4n) is 2.99. The number of nitrogens with zero attached hydrogens (tertiary/aromatic N) is 3. The van der Waals surface area contributed by atoms with Gasteiger partial charge in [0.25, 0.3) is 0 Å². The van der Waals surface area contributed by atoms with Crippen molar-refractivity contribution < 1.29 is 9.21 Å². The van der Waals surface area contributed by atoms with Gasteiger partial charge in [-0.15, -0.1) is 24.0 Å². The van der Waals surface area contributed by atoms with Gasteiger partial charge in [0.15, 0.2) is 5.96 Å².